The van der Waals surface area contributed by atoms with Crippen molar-refractivity contribution < 1.29 is 4.79 Å². The molecule has 29 heavy (non-hydrogen) atoms. The number of benzene rings is 1. The normalized spacial score (nSPS) is 20.5. The lowest BCUT2D eigenvalue weighted by atomic mass is 9.94. The van der Waals surface area contributed by atoms with Crippen LogP contribution in [0.5, 0.6) is 0 Å². The number of pyridine rings is 1. The maximum Gasteiger partial charge on any atom is 0.270 e. The van der Waals surface area contributed by atoms with Crippen molar-refractivity contribution >= 4 is 5.91 Å². The fourth-order valence-electron chi connectivity index (χ4n) is 4.54. The highest BCUT2D eigenvalue weighted by atomic mass is 16.2. The van der Waals surface area contributed by atoms with Crippen LogP contribution < -0.4 is 5.32 Å². The van der Waals surface area contributed by atoms with Crippen molar-refractivity contribution in [2.75, 3.05) is 6.54 Å². The first-order valence-electron chi connectivity index (χ1n) is 10.3. The molecule has 6 nitrogen and oxygen atoms in total. The second-order valence-corrected chi connectivity index (χ2v) is 8.19. The molecule has 1 aliphatic heterocycles. The predicted molar refractivity (Wildman–Crippen MR) is 111 cm³/mol. The minimum atomic E-state index is -0.0772. The Balaban J connectivity index is 1.25. The molecule has 3 aromatic rings. The van der Waals surface area contributed by atoms with E-state index in [-0.39, 0.29) is 17.5 Å². The van der Waals surface area contributed by atoms with Gasteiger partial charge < -0.3 is 5.32 Å². The molecule has 6 heteroatoms. The molecule has 1 saturated heterocycles. The topological polar surface area (TPSA) is 73.9 Å². The highest BCUT2D eigenvalue weighted by Crippen LogP contribution is 2.49. The fourth-order valence-corrected chi connectivity index (χ4v) is 4.54. The van der Waals surface area contributed by atoms with Crippen molar-refractivity contribution in [1.29, 1.82) is 0 Å². The Morgan fingerprint density at radius 2 is 1.97 bits per heavy atom. The Hall–Kier alpha value is -2.99. The molecule has 1 amide bonds. The largest absolute Gasteiger partial charge is 0.348 e. The number of aromatic nitrogens is 3. The standard InChI is InChI=1S/C23H25N5O/c29-22(21-20(15-25-27-21)18-6-11-24-12-7-18)26-19-8-13-28(23(14-19)9-10-23)16-17-4-2-1-3-5-17/h1-7,11-12,15,19H,8-10,13-14,16H2,(H,25,27)(H,26,29). The molecule has 2 aromatic heterocycles. The summed E-state index contributed by atoms with van der Waals surface area (Å²) in [7, 11) is 0. The molecule has 5 rings (SSSR count). The van der Waals surface area contributed by atoms with Crippen molar-refractivity contribution in [3.63, 3.8) is 0 Å². The van der Waals surface area contributed by atoms with Crippen molar-refractivity contribution in [2.24, 2.45) is 0 Å². The van der Waals surface area contributed by atoms with E-state index >= 15 is 0 Å². The van der Waals surface area contributed by atoms with E-state index in [0.717, 1.165) is 37.1 Å². The Bertz CT molecular complexity index is 981. The molecule has 1 aliphatic carbocycles. The first-order valence-corrected chi connectivity index (χ1v) is 10.3. The number of nitrogens with zero attached hydrogens (tertiary/aromatic N) is 3. The number of carbonyl (C=O) groups is 1. The maximum atomic E-state index is 13.0. The van der Waals surface area contributed by atoms with Gasteiger partial charge in [0.25, 0.3) is 5.91 Å². The molecule has 148 valence electrons. The summed E-state index contributed by atoms with van der Waals surface area (Å²) in [4.78, 5) is 19.6. The monoisotopic (exact) mass is 387 g/mol. The van der Waals surface area contributed by atoms with Gasteiger partial charge in [0, 0.05) is 42.6 Å². The third-order valence-corrected chi connectivity index (χ3v) is 6.28. The molecule has 1 saturated carbocycles. The van der Waals surface area contributed by atoms with E-state index in [1.54, 1.807) is 18.6 Å². The van der Waals surface area contributed by atoms with Crippen molar-refractivity contribution in [3.05, 3.63) is 72.3 Å². The van der Waals surface area contributed by atoms with E-state index < -0.39 is 0 Å². The summed E-state index contributed by atoms with van der Waals surface area (Å²) in [5.74, 6) is -0.0772. The molecule has 0 bridgehead atoms. The Morgan fingerprint density at radius 3 is 2.72 bits per heavy atom. The molecule has 3 heterocycles. The molecule has 2 fully saturated rings. The number of amides is 1. The number of carbonyl (C=O) groups excluding carboxylic acids is 1. The Kier molecular flexibility index (Phi) is 4.64. The average molecular weight is 387 g/mol. The predicted octanol–water partition coefficient (Wildman–Crippen LogP) is 3.40. The molecular weight excluding hydrogens is 362 g/mol. The van der Waals surface area contributed by atoms with Gasteiger partial charge in [-0.05, 0) is 48.9 Å². The summed E-state index contributed by atoms with van der Waals surface area (Å²) in [5.41, 5.74) is 3.89. The van der Waals surface area contributed by atoms with Crippen molar-refractivity contribution in [2.45, 2.75) is 43.8 Å². The van der Waals surface area contributed by atoms with Crippen LogP contribution in [0.2, 0.25) is 0 Å². The van der Waals surface area contributed by atoms with Crippen molar-refractivity contribution in [3.8, 4) is 11.1 Å². The van der Waals surface area contributed by atoms with Gasteiger partial charge in [-0.1, -0.05) is 30.3 Å². The van der Waals surface area contributed by atoms with Crippen molar-refractivity contribution in [1.82, 2.24) is 25.4 Å². The number of hydrogen-bond donors (Lipinski definition) is 2. The van der Waals surface area contributed by atoms with Gasteiger partial charge in [-0.2, -0.15) is 5.10 Å². The van der Waals surface area contributed by atoms with Gasteiger partial charge >= 0.3 is 0 Å². The van der Waals surface area contributed by atoms with E-state index in [1.165, 1.54) is 18.4 Å². The van der Waals surface area contributed by atoms with Crippen LogP contribution in [0.25, 0.3) is 11.1 Å². The molecule has 1 aromatic carbocycles. The Labute approximate surface area is 170 Å². The van der Waals surface area contributed by atoms with Crippen LogP contribution >= 0.6 is 0 Å². The summed E-state index contributed by atoms with van der Waals surface area (Å²) < 4.78 is 0. The van der Waals surface area contributed by atoms with Crippen LogP contribution in [0.15, 0.2) is 61.1 Å². The summed E-state index contributed by atoms with van der Waals surface area (Å²) in [6, 6.07) is 14.6. The lowest BCUT2D eigenvalue weighted by molar-refractivity contribution is 0.0793. The highest BCUT2D eigenvalue weighted by molar-refractivity contribution is 5.99. The summed E-state index contributed by atoms with van der Waals surface area (Å²) in [5, 5.41) is 10.2. The molecule has 1 atom stereocenters. The number of hydrogen-bond acceptors (Lipinski definition) is 4. The van der Waals surface area contributed by atoms with Gasteiger partial charge in [-0.15, -0.1) is 0 Å². The number of likely N-dealkylation sites (tertiary alicyclic amines) is 1. The van der Waals surface area contributed by atoms with E-state index in [9.17, 15) is 4.79 Å². The van der Waals surface area contributed by atoms with E-state index in [0.29, 0.717) is 5.69 Å². The summed E-state index contributed by atoms with van der Waals surface area (Å²) >= 11 is 0. The number of H-pyrrole nitrogens is 1. The number of rotatable bonds is 5. The van der Waals surface area contributed by atoms with Gasteiger partial charge in [0.05, 0.1) is 6.20 Å². The second-order valence-electron chi connectivity index (χ2n) is 8.19. The van der Waals surface area contributed by atoms with E-state index in [1.807, 2.05) is 12.1 Å². The van der Waals surface area contributed by atoms with Crippen LogP contribution in [-0.4, -0.2) is 44.1 Å². The molecule has 0 radical (unpaired) electrons. The van der Waals surface area contributed by atoms with Gasteiger partial charge in [0.2, 0.25) is 0 Å². The summed E-state index contributed by atoms with van der Waals surface area (Å²) in [6.07, 6.45) is 9.59. The van der Waals surface area contributed by atoms with Crippen LogP contribution in [0.3, 0.4) is 0 Å². The first-order chi connectivity index (χ1) is 14.2. The zero-order valence-corrected chi connectivity index (χ0v) is 16.3. The zero-order valence-electron chi connectivity index (χ0n) is 16.3. The molecule has 1 spiro atoms. The lowest BCUT2D eigenvalue weighted by Gasteiger charge is -2.40. The average Bonchev–Trinajstić information content (AvgIpc) is 3.34. The summed E-state index contributed by atoms with van der Waals surface area (Å²) in [6.45, 7) is 2.01. The quantitative estimate of drug-likeness (QED) is 0.704. The highest BCUT2D eigenvalue weighted by Gasteiger charge is 2.51. The SMILES string of the molecule is O=C(NC1CCN(Cc2ccccc2)C2(CC2)C1)c1[nH]ncc1-c1ccncc1. The molecule has 2 N–H and O–H groups in total. The zero-order chi connectivity index (χ0) is 19.7. The minimum absolute atomic E-state index is 0.0772. The smallest absolute Gasteiger partial charge is 0.270 e. The Morgan fingerprint density at radius 1 is 1.17 bits per heavy atom. The van der Waals surface area contributed by atoms with Crippen LogP contribution in [0, 0.1) is 0 Å². The van der Waals surface area contributed by atoms with E-state index in [4.69, 9.17) is 0 Å². The van der Waals surface area contributed by atoms with E-state index in [2.05, 4.69) is 55.7 Å². The van der Waals surface area contributed by atoms with Crippen LogP contribution in [-0.2, 0) is 6.54 Å². The third-order valence-electron chi connectivity index (χ3n) is 6.28. The fraction of sp³-hybridized carbons (Fsp3) is 0.348. The van der Waals surface area contributed by atoms with Gasteiger partial charge in [0.15, 0.2) is 0 Å². The van der Waals surface area contributed by atoms with Gasteiger partial charge in [-0.3, -0.25) is 19.8 Å². The minimum Gasteiger partial charge on any atom is -0.348 e. The third kappa shape index (κ3) is 3.68. The second kappa shape index (κ2) is 7.44. The number of piperidine rings is 1. The maximum absolute atomic E-state index is 13.0. The lowest BCUT2D eigenvalue weighted by Crippen LogP contribution is -2.51. The molecular formula is C23H25N5O. The molecule has 1 unspecified atom stereocenters. The number of nitrogens with one attached hydrogen (secondary N) is 2. The van der Waals surface area contributed by atoms with Gasteiger partial charge in [0.1, 0.15) is 5.69 Å². The number of aromatic amines is 1. The first kappa shape index (κ1) is 18.1. The van der Waals surface area contributed by atoms with Crippen LogP contribution in [0.1, 0.15) is 41.7 Å². The molecule has 2 aliphatic rings. The van der Waals surface area contributed by atoms with Gasteiger partial charge in [-0.25, -0.2) is 0 Å². The van der Waals surface area contributed by atoms with Crippen LogP contribution in [0.4, 0.5) is 0 Å².